The standard InChI is InChI=1S/C11H25NOS/c1-4-11(10-14-3)12(2)8-6-5-7-9-13/h11,13H,4-10H2,1-3H3. The van der Waals surface area contributed by atoms with Crippen molar-refractivity contribution in [3.63, 3.8) is 0 Å². The molecule has 86 valence electrons. The summed E-state index contributed by atoms with van der Waals surface area (Å²) < 4.78 is 0. The van der Waals surface area contributed by atoms with Crippen LogP contribution in [0.5, 0.6) is 0 Å². The largest absolute Gasteiger partial charge is 0.396 e. The Morgan fingerprint density at radius 3 is 2.50 bits per heavy atom. The maximum atomic E-state index is 8.65. The average Bonchev–Trinajstić information content (AvgIpc) is 2.20. The van der Waals surface area contributed by atoms with Crippen molar-refractivity contribution in [1.82, 2.24) is 4.90 Å². The van der Waals surface area contributed by atoms with Gasteiger partial charge in [-0.05, 0) is 45.5 Å². The Morgan fingerprint density at radius 2 is 2.00 bits per heavy atom. The highest BCUT2D eigenvalue weighted by Gasteiger charge is 2.10. The van der Waals surface area contributed by atoms with Crippen LogP contribution >= 0.6 is 11.8 Å². The molecule has 0 spiro atoms. The molecule has 0 saturated heterocycles. The molecular formula is C11H25NOS. The fraction of sp³-hybridized carbons (Fsp3) is 1.00. The maximum Gasteiger partial charge on any atom is 0.0431 e. The lowest BCUT2D eigenvalue weighted by molar-refractivity contribution is 0.241. The Balaban J connectivity index is 3.52. The van der Waals surface area contributed by atoms with Crippen molar-refractivity contribution in [3.8, 4) is 0 Å². The zero-order valence-electron chi connectivity index (χ0n) is 9.83. The zero-order valence-corrected chi connectivity index (χ0v) is 10.6. The molecule has 0 amide bonds. The Hall–Kier alpha value is 0.270. The van der Waals surface area contributed by atoms with E-state index in [1.165, 1.54) is 25.1 Å². The number of nitrogens with zero attached hydrogens (tertiary/aromatic N) is 1. The van der Waals surface area contributed by atoms with E-state index in [2.05, 4.69) is 25.1 Å². The summed E-state index contributed by atoms with van der Waals surface area (Å²) in [6, 6.07) is 0.721. The summed E-state index contributed by atoms with van der Waals surface area (Å²) >= 11 is 1.92. The van der Waals surface area contributed by atoms with E-state index in [1.807, 2.05) is 11.8 Å². The van der Waals surface area contributed by atoms with Gasteiger partial charge in [0.1, 0.15) is 0 Å². The van der Waals surface area contributed by atoms with Crippen molar-refractivity contribution in [2.75, 3.05) is 32.2 Å². The molecule has 0 rings (SSSR count). The summed E-state index contributed by atoms with van der Waals surface area (Å²) in [4.78, 5) is 2.45. The molecule has 0 aromatic carbocycles. The first-order valence-corrected chi connectivity index (χ1v) is 6.95. The minimum Gasteiger partial charge on any atom is -0.396 e. The molecular weight excluding hydrogens is 194 g/mol. The van der Waals surface area contributed by atoms with E-state index in [0.29, 0.717) is 6.61 Å². The number of hydrogen-bond acceptors (Lipinski definition) is 3. The Labute approximate surface area is 93.1 Å². The van der Waals surface area contributed by atoms with Crippen LogP contribution in [0.4, 0.5) is 0 Å². The maximum absolute atomic E-state index is 8.65. The van der Waals surface area contributed by atoms with Crippen LogP contribution in [0.1, 0.15) is 32.6 Å². The molecule has 1 atom stereocenters. The number of thioether (sulfide) groups is 1. The SMILES string of the molecule is CCC(CSC)N(C)CCCCCO. The first-order chi connectivity index (χ1) is 6.76. The van der Waals surface area contributed by atoms with Crippen LogP contribution in [-0.4, -0.2) is 48.3 Å². The minimum absolute atomic E-state index is 0.339. The van der Waals surface area contributed by atoms with Crippen LogP contribution in [0.15, 0.2) is 0 Å². The van der Waals surface area contributed by atoms with E-state index in [0.717, 1.165) is 18.9 Å². The predicted octanol–water partition coefficient (Wildman–Crippen LogP) is 2.22. The van der Waals surface area contributed by atoms with Gasteiger partial charge >= 0.3 is 0 Å². The molecule has 0 aromatic rings. The highest BCUT2D eigenvalue weighted by molar-refractivity contribution is 7.98. The first-order valence-electron chi connectivity index (χ1n) is 5.56. The summed E-state index contributed by atoms with van der Waals surface area (Å²) in [5.74, 6) is 1.23. The molecule has 1 N–H and O–H groups in total. The van der Waals surface area contributed by atoms with Gasteiger partial charge in [0.15, 0.2) is 0 Å². The van der Waals surface area contributed by atoms with Gasteiger partial charge in [0.05, 0.1) is 0 Å². The molecule has 3 heteroatoms. The van der Waals surface area contributed by atoms with Gasteiger partial charge in [-0.3, -0.25) is 0 Å². The summed E-state index contributed by atoms with van der Waals surface area (Å²) in [5.41, 5.74) is 0. The average molecular weight is 219 g/mol. The third-order valence-electron chi connectivity index (χ3n) is 2.62. The van der Waals surface area contributed by atoms with Crippen LogP contribution in [0.25, 0.3) is 0 Å². The zero-order chi connectivity index (χ0) is 10.8. The highest BCUT2D eigenvalue weighted by atomic mass is 32.2. The highest BCUT2D eigenvalue weighted by Crippen LogP contribution is 2.09. The molecule has 0 aliphatic rings. The molecule has 1 unspecified atom stereocenters. The third kappa shape index (κ3) is 6.68. The normalized spacial score (nSPS) is 13.5. The van der Waals surface area contributed by atoms with E-state index in [1.54, 1.807) is 0 Å². The third-order valence-corrected chi connectivity index (χ3v) is 3.34. The van der Waals surface area contributed by atoms with Crippen molar-refractivity contribution in [1.29, 1.82) is 0 Å². The number of aliphatic hydroxyl groups excluding tert-OH is 1. The second-order valence-electron chi connectivity index (χ2n) is 3.78. The number of aliphatic hydroxyl groups is 1. The molecule has 0 aromatic heterocycles. The molecule has 0 heterocycles. The van der Waals surface area contributed by atoms with E-state index in [-0.39, 0.29) is 0 Å². The summed E-state index contributed by atoms with van der Waals surface area (Å²) in [7, 11) is 2.21. The van der Waals surface area contributed by atoms with Crippen LogP contribution in [-0.2, 0) is 0 Å². The van der Waals surface area contributed by atoms with Crippen LogP contribution < -0.4 is 0 Å². The van der Waals surface area contributed by atoms with E-state index < -0.39 is 0 Å². The van der Waals surface area contributed by atoms with Crippen LogP contribution in [0.3, 0.4) is 0 Å². The molecule has 2 nitrogen and oxygen atoms in total. The summed E-state index contributed by atoms with van der Waals surface area (Å²) in [6.45, 7) is 3.76. The fourth-order valence-corrected chi connectivity index (χ4v) is 2.46. The predicted molar refractivity (Wildman–Crippen MR) is 66.0 cm³/mol. The molecule has 0 radical (unpaired) electrons. The van der Waals surface area contributed by atoms with Gasteiger partial charge in [-0.25, -0.2) is 0 Å². The fourth-order valence-electron chi connectivity index (χ4n) is 1.58. The molecule has 0 saturated carbocycles. The van der Waals surface area contributed by atoms with E-state index >= 15 is 0 Å². The lowest BCUT2D eigenvalue weighted by Crippen LogP contribution is -2.33. The summed E-state index contributed by atoms with van der Waals surface area (Å²) in [5, 5.41) is 8.65. The minimum atomic E-state index is 0.339. The van der Waals surface area contributed by atoms with Gasteiger partial charge in [0.25, 0.3) is 0 Å². The molecule has 0 aliphatic carbocycles. The van der Waals surface area contributed by atoms with Crippen molar-refractivity contribution >= 4 is 11.8 Å². The van der Waals surface area contributed by atoms with Gasteiger partial charge < -0.3 is 10.0 Å². The second-order valence-corrected chi connectivity index (χ2v) is 4.69. The lowest BCUT2D eigenvalue weighted by atomic mass is 10.2. The van der Waals surface area contributed by atoms with Gasteiger partial charge in [0, 0.05) is 18.4 Å². The molecule has 14 heavy (non-hydrogen) atoms. The Morgan fingerprint density at radius 1 is 1.29 bits per heavy atom. The van der Waals surface area contributed by atoms with Gasteiger partial charge in [-0.15, -0.1) is 0 Å². The Bertz CT molecular complexity index is 122. The Kier molecular flexibility index (Phi) is 10.0. The first kappa shape index (κ1) is 14.3. The quantitative estimate of drug-likeness (QED) is 0.602. The van der Waals surface area contributed by atoms with Crippen molar-refractivity contribution in [3.05, 3.63) is 0 Å². The number of hydrogen-bond donors (Lipinski definition) is 1. The van der Waals surface area contributed by atoms with Crippen molar-refractivity contribution in [2.45, 2.75) is 38.6 Å². The van der Waals surface area contributed by atoms with Crippen LogP contribution in [0, 0.1) is 0 Å². The van der Waals surface area contributed by atoms with Gasteiger partial charge in [-0.2, -0.15) is 11.8 Å². The van der Waals surface area contributed by atoms with Gasteiger partial charge in [-0.1, -0.05) is 6.92 Å². The number of unbranched alkanes of at least 4 members (excludes halogenated alkanes) is 2. The molecule has 0 aliphatic heterocycles. The van der Waals surface area contributed by atoms with Crippen LogP contribution in [0.2, 0.25) is 0 Å². The lowest BCUT2D eigenvalue weighted by Gasteiger charge is -2.26. The topological polar surface area (TPSA) is 23.5 Å². The molecule has 0 bridgehead atoms. The van der Waals surface area contributed by atoms with E-state index in [9.17, 15) is 0 Å². The van der Waals surface area contributed by atoms with Crippen molar-refractivity contribution < 1.29 is 5.11 Å². The second kappa shape index (κ2) is 9.81. The van der Waals surface area contributed by atoms with Crippen molar-refractivity contribution in [2.24, 2.45) is 0 Å². The monoisotopic (exact) mass is 219 g/mol. The van der Waals surface area contributed by atoms with E-state index in [4.69, 9.17) is 5.11 Å². The van der Waals surface area contributed by atoms with Gasteiger partial charge in [0.2, 0.25) is 0 Å². The molecule has 0 fully saturated rings. The smallest absolute Gasteiger partial charge is 0.0431 e. The summed E-state index contributed by atoms with van der Waals surface area (Å²) in [6.07, 6.45) is 6.71. The number of rotatable bonds is 9.